The highest BCUT2D eigenvalue weighted by Gasteiger charge is 2.14. The average molecular weight is 362 g/mol. The zero-order chi connectivity index (χ0) is 18.3. The Hall–Kier alpha value is -2.28. The first-order valence-electron chi connectivity index (χ1n) is 8.24. The Balaban J connectivity index is 1.82. The summed E-state index contributed by atoms with van der Waals surface area (Å²) in [5.41, 5.74) is 1.18. The number of benzene rings is 1. The number of nitrogens with zero attached hydrogens (tertiary/aromatic N) is 3. The van der Waals surface area contributed by atoms with Crippen LogP contribution in [-0.2, 0) is 23.4 Å². The molecule has 0 saturated heterocycles. The molecule has 0 aliphatic rings. The average Bonchev–Trinajstić information content (AvgIpc) is 3.00. The first kappa shape index (κ1) is 19.1. The maximum absolute atomic E-state index is 12.3. The van der Waals surface area contributed by atoms with Crippen LogP contribution < -0.4 is 5.32 Å². The molecule has 2 aromatic rings. The monoisotopic (exact) mass is 362 g/mol. The third kappa shape index (κ3) is 5.35. The number of hydrogen-bond donors (Lipinski definition) is 1. The van der Waals surface area contributed by atoms with Gasteiger partial charge in [-0.2, -0.15) is 0 Å². The molecule has 1 aromatic carbocycles. The summed E-state index contributed by atoms with van der Waals surface area (Å²) in [5, 5.41) is 3.23. The molecular weight excluding hydrogens is 336 g/mol. The molecule has 0 fully saturated rings. The first-order valence-corrected chi connectivity index (χ1v) is 9.89. The van der Waals surface area contributed by atoms with E-state index in [0.29, 0.717) is 17.9 Å². The van der Waals surface area contributed by atoms with Crippen molar-refractivity contribution in [3.63, 3.8) is 0 Å². The second-order valence-electron chi connectivity index (χ2n) is 5.93. The van der Waals surface area contributed by atoms with Gasteiger partial charge in [0.1, 0.15) is 0 Å². The van der Waals surface area contributed by atoms with Crippen molar-refractivity contribution >= 4 is 15.8 Å². The minimum absolute atomic E-state index is 0.114. The van der Waals surface area contributed by atoms with Crippen molar-refractivity contribution in [2.75, 3.05) is 26.4 Å². The Labute approximate surface area is 150 Å². The molecule has 0 aliphatic carbocycles. The van der Waals surface area contributed by atoms with E-state index in [0.717, 1.165) is 12.5 Å². The molecule has 0 aliphatic heterocycles. The van der Waals surface area contributed by atoms with Crippen LogP contribution in [-0.4, -0.2) is 50.2 Å². The fourth-order valence-corrected chi connectivity index (χ4v) is 3.90. The molecule has 7 heteroatoms. The van der Waals surface area contributed by atoms with E-state index >= 15 is 0 Å². The molecule has 0 saturated carbocycles. The van der Waals surface area contributed by atoms with Gasteiger partial charge in [0.05, 0.1) is 17.2 Å². The van der Waals surface area contributed by atoms with Crippen molar-refractivity contribution in [1.82, 2.24) is 14.8 Å². The Kier molecular flexibility index (Phi) is 6.64. The third-order valence-electron chi connectivity index (χ3n) is 4.00. The van der Waals surface area contributed by atoms with Crippen LogP contribution >= 0.6 is 0 Å². The number of nitrogens with one attached hydrogen (secondary N) is 1. The molecule has 2 rings (SSSR count). The molecular formula is C18H26N4O2S. The van der Waals surface area contributed by atoms with Gasteiger partial charge in [0, 0.05) is 39.6 Å². The van der Waals surface area contributed by atoms with E-state index in [1.54, 1.807) is 31.3 Å². The van der Waals surface area contributed by atoms with Crippen LogP contribution in [0.4, 0.5) is 0 Å². The third-order valence-corrected chi connectivity index (χ3v) is 5.82. The molecule has 1 heterocycles. The lowest BCUT2D eigenvalue weighted by atomic mass is 10.4. The van der Waals surface area contributed by atoms with Gasteiger partial charge in [0.15, 0.2) is 15.8 Å². The minimum Gasteiger partial charge on any atom is -0.356 e. The van der Waals surface area contributed by atoms with Crippen LogP contribution in [0.2, 0.25) is 0 Å². The zero-order valence-corrected chi connectivity index (χ0v) is 15.8. The van der Waals surface area contributed by atoms with E-state index < -0.39 is 9.84 Å². The van der Waals surface area contributed by atoms with Gasteiger partial charge in [-0.15, -0.1) is 0 Å². The number of aliphatic imine (C=N–C) groups is 1. The molecule has 1 N–H and O–H groups in total. The molecule has 0 radical (unpaired) electrons. The number of rotatable bonds is 7. The number of sulfone groups is 1. The Morgan fingerprint density at radius 3 is 2.52 bits per heavy atom. The molecule has 6 nitrogen and oxygen atoms in total. The standard InChI is InChI=1S/C18H26N4O2S/c1-19-18(22(3)15-16-9-7-13-21(16)2)20-12-8-14-25(23,24)17-10-5-4-6-11-17/h4-7,9-11,13H,8,12,14-15H2,1-3H3,(H,19,20). The Morgan fingerprint density at radius 2 is 1.92 bits per heavy atom. The lowest BCUT2D eigenvalue weighted by Gasteiger charge is -2.22. The molecule has 25 heavy (non-hydrogen) atoms. The van der Waals surface area contributed by atoms with Gasteiger partial charge in [-0.3, -0.25) is 4.99 Å². The van der Waals surface area contributed by atoms with Crippen molar-refractivity contribution in [2.45, 2.75) is 17.9 Å². The van der Waals surface area contributed by atoms with Crippen molar-refractivity contribution in [3.8, 4) is 0 Å². The molecule has 0 spiro atoms. The molecule has 0 bridgehead atoms. The quantitative estimate of drug-likeness (QED) is 0.464. The minimum atomic E-state index is -3.23. The number of aryl methyl sites for hydroxylation is 1. The van der Waals surface area contributed by atoms with E-state index in [9.17, 15) is 8.42 Å². The topological polar surface area (TPSA) is 66.7 Å². The molecule has 0 atom stereocenters. The predicted molar refractivity (Wildman–Crippen MR) is 101 cm³/mol. The summed E-state index contributed by atoms with van der Waals surface area (Å²) in [4.78, 5) is 6.65. The molecule has 0 amide bonds. The smallest absolute Gasteiger partial charge is 0.193 e. The number of guanidine groups is 1. The van der Waals surface area contributed by atoms with Gasteiger partial charge in [-0.1, -0.05) is 18.2 Å². The van der Waals surface area contributed by atoms with Crippen molar-refractivity contribution < 1.29 is 8.42 Å². The van der Waals surface area contributed by atoms with Gasteiger partial charge in [0.25, 0.3) is 0 Å². The van der Waals surface area contributed by atoms with Crippen LogP contribution in [0.15, 0.2) is 58.5 Å². The summed E-state index contributed by atoms with van der Waals surface area (Å²) in [6.07, 6.45) is 2.53. The van der Waals surface area contributed by atoms with Crippen LogP contribution in [0.3, 0.4) is 0 Å². The van der Waals surface area contributed by atoms with Gasteiger partial charge in [0.2, 0.25) is 0 Å². The maximum Gasteiger partial charge on any atom is 0.193 e. The maximum atomic E-state index is 12.3. The van der Waals surface area contributed by atoms with Crippen molar-refractivity contribution in [1.29, 1.82) is 0 Å². The lowest BCUT2D eigenvalue weighted by molar-refractivity contribution is 0.462. The van der Waals surface area contributed by atoms with Crippen molar-refractivity contribution in [3.05, 3.63) is 54.4 Å². The first-order chi connectivity index (χ1) is 11.9. The van der Waals surface area contributed by atoms with Crippen molar-refractivity contribution in [2.24, 2.45) is 12.0 Å². The zero-order valence-electron chi connectivity index (χ0n) is 15.0. The summed E-state index contributed by atoms with van der Waals surface area (Å²) >= 11 is 0. The van der Waals surface area contributed by atoms with Gasteiger partial charge >= 0.3 is 0 Å². The second kappa shape index (κ2) is 8.71. The second-order valence-corrected chi connectivity index (χ2v) is 8.04. The van der Waals surface area contributed by atoms with E-state index in [1.807, 2.05) is 37.3 Å². The molecule has 0 unspecified atom stereocenters. The van der Waals surface area contributed by atoms with Gasteiger partial charge in [-0.25, -0.2) is 8.42 Å². The largest absolute Gasteiger partial charge is 0.356 e. The van der Waals surface area contributed by atoms with E-state index in [4.69, 9.17) is 0 Å². The molecule has 1 aromatic heterocycles. The Morgan fingerprint density at radius 1 is 1.20 bits per heavy atom. The van der Waals surface area contributed by atoms with Gasteiger partial charge in [-0.05, 0) is 30.7 Å². The summed E-state index contributed by atoms with van der Waals surface area (Å²) in [6, 6.07) is 12.6. The predicted octanol–water partition coefficient (Wildman–Crippen LogP) is 1.90. The fraction of sp³-hybridized carbons (Fsp3) is 0.389. The summed E-state index contributed by atoms with van der Waals surface area (Å²) in [6.45, 7) is 1.28. The summed E-state index contributed by atoms with van der Waals surface area (Å²) < 4.78 is 26.6. The number of aromatic nitrogens is 1. The Bertz CT molecular complexity index is 797. The normalized spacial score (nSPS) is 12.2. The van der Waals surface area contributed by atoms with Crippen LogP contribution in [0.5, 0.6) is 0 Å². The van der Waals surface area contributed by atoms with Crippen LogP contribution in [0, 0.1) is 0 Å². The lowest BCUT2D eigenvalue weighted by Crippen LogP contribution is -2.39. The van der Waals surface area contributed by atoms with E-state index in [-0.39, 0.29) is 5.75 Å². The van der Waals surface area contributed by atoms with E-state index in [1.165, 1.54) is 5.69 Å². The van der Waals surface area contributed by atoms with E-state index in [2.05, 4.69) is 20.9 Å². The van der Waals surface area contributed by atoms with Gasteiger partial charge < -0.3 is 14.8 Å². The molecule has 136 valence electrons. The highest BCUT2D eigenvalue weighted by molar-refractivity contribution is 7.91. The fourth-order valence-electron chi connectivity index (χ4n) is 2.57. The summed E-state index contributed by atoms with van der Waals surface area (Å²) in [7, 11) is 2.47. The van der Waals surface area contributed by atoms with Crippen LogP contribution in [0.25, 0.3) is 0 Å². The highest BCUT2D eigenvalue weighted by atomic mass is 32.2. The number of hydrogen-bond acceptors (Lipinski definition) is 3. The highest BCUT2D eigenvalue weighted by Crippen LogP contribution is 2.10. The SMILES string of the molecule is CN=C(NCCCS(=O)(=O)c1ccccc1)N(C)Cc1cccn1C. The summed E-state index contributed by atoms with van der Waals surface area (Å²) in [5.74, 6) is 0.862. The van der Waals surface area contributed by atoms with Crippen LogP contribution in [0.1, 0.15) is 12.1 Å².